The monoisotopic (exact) mass is 345 g/mol. The van der Waals surface area contributed by atoms with E-state index in [1.165, 1.54) is 0 Å². The number of hydrogen-bond acceptors (Lipinski definition) is 5. The summed E-state index contributed by atoms with van der Waals surface area (Å²) in [5, 5.41) is 10.8. The molecule has 0 radical (unpaired) electrons. The summed E-state index contributed by atoms with van der Waals surface area (Å²) in [6, 6.07) is 8.91. The van der Waals surface area contributed by atoms with Crippen LogP contribution in [0, 0.1) is 0 Å². The van der Waals surface area contributed by atoms with E-state index in [9.17, 15) is 9.59 Å². The summed E-state index contributed by atoms with van der Waals surface area (Å²) < 4.78 is 5.51. The van der Waals surface area contributed by atoms with E-state index in [2.05, 4.69) is 16.0 Å². The molecule has 3 rings (SSSR count). The third-order valence-corrected chi connectivity index (χ3v) is 4.58. The predicted molar refractivity (Wildman–Crippen MR) is 94.4 cm³/mol. The van der Waals surface area contributed by atoms with E-state index in [0.29, 0.717) is 18.0 Å². The van der Waals surface area contributed by atoms with E-state index in [1.807, 2.05) is 23.6 Å². The highest BCUT2D eigenvalue weighted by molar-refractivity contribution is 7.09. The molecule has 2 amide bonds. The van der Waals surface area contributed by atoms with E-state index in [-0.39, 0.29) is 11.8 Å². The zero-order valence-electron chi connectivity index (χ0n) is 13.5. The molecule has 126 valence electrons. The Kier molecular flexibility index (Phi) is 4.71. The summed E-state index contributed by atoms with van der Waals surface area (Å²) >= 11 is 1.61. The molecule has 6 nitrogen and oxygen atoms in total. The molecule has 0 bridgehead atoms. The highest BCUT2D eigenvalue weighted by atomic mass is 32.1. The first-order valence-electron chi connectivity index (χ1n) is 7.71. The van der Waals surface area contributed by atoms with Crippen LogP contribution in [0.3, 0.4) is 0 Å². The second kappa shape index (κ2) is 6.92. The molecule has 1 aromatic carbocycles. The summed E-state index contributed by atoms with van der Waals surface area (Å²) in [4.78, 5) is 24.9. The molecule has 0 fully saturated rings. The van der Waals surface area contributed by atoms with Gasteiger partial charge >= 0.3 is 0 Å². The lowest BCUT2D eigenvalue weighted by molar-refractivity contribution is -0.123. The van der Waals surface area contributed by atoms with Crippen molar-refractivity contribution in [1.82, 2.24) is 5.32 Å². The second-order valence-corrected chi connectivity index (χ2v) is 6.66. The third kappa shape index (κ3) is 3.68. The lowest BCUT2D eigenvalue weighted by Gasteiger charge is -2.24. The fraction of sp³-hybridized carbons (Fsp3) is 0.294. The lowest BCUT2D eigenvalue weighted by Crippen LogP contribution is -2.37. The van der Waals surface area contributed by atoms with E-state index in [1.54, 1.807) is 37.3 Å². The topological polar surface area (TPSA) is 79.5 Å². The summed E-state index contributed by atoms with van der Waals surface area (Å²) in [5.41, 5.74) is 1.35. The minimum atomic E-state index is -0.502. The van der Waals surface area contributed by atoms with Gasteiger partial charge in [0.25, 0.3) is 5.91 Å². The van der Waals surface area contributed by atoms with Crippen molar-refractivity contribution < 1.29 is 14.3 Å². The zero-order valence-corrected chi connectivity index (χ0v) is 14.3. The number of fused-ring (bicyclic) bond motifs is 1. The fourth-order valence-corrected chi connectivity index (χ4v) is 3.00. The van der Waals surface area contributed by atoms with Gasteiger partial charge in [-0.1, -0.05) is 6.07 Å². The Bertz CT molecular complexity index is 746. The van der Waals surface area contributed by atoms with Crippen molar-refractivity contribution in [2.75, 3.05) is 10.6 Å². The van der Waals surface area contributed by atoms with Crippen molar-refractivity contribution in [2.24, 2.45) is 0 Å². The van der Waals surface area contributed by atoms with Gasteiger partial charge in [-0.2, -0.15) is 0 Å². The standard InChI is InChI=1S/C17H19N3O3S/c1-10(16(21)18-9-13-4-3-7-24-13)19-12-5-6-15-14(8-12)20-17(22)11(2)23-15/h3-8,10-11,19H,9H2,1-2H3,(H,18,21)(H,20,22)/t10-,11+/m0/s1. The van der Waals surface area contributed by atoms with Crippen molar-refractivity contribution in [2.45, 2.75) is 32.5 Å². The number of ether oxygens (including phenoxy) is 1. The average molecular weight is 345 g/mol. The Balaban J connectivity index is 1.60. The normalized spacial score (nSPS) is 17.2. The molecule has 1 aliphatic rings. The molecule has 2 atom stereocenters. The Morgan fingerprint density at radius 3 is 3.00 bits per heavy atom. The van der Waals surface area contributed by atoms with Crippen LogP contribution in [-0.4, -0.2) is 24.0 Å². The number of carbonyl (C=O) groups excluding carboxylic acids is 2. The van der Waals surface area contributed by atoms with Crippen LogP contribution in [0.2, 0.25) is 0 Å². The summed E-state index contributed by atoms with van der Waals surface area (Å²) in [6.45, 7) is 4.01. The van der Waals surface area contributed by atoms with Crippen LogP contribution in [0.1, 0.15) is 18.7 Å². The number of benzene rings is 1. The van der Waals surface area contributed by atoms with Gasteiger partial charge in [-0.25, -0.2) is 0 Å². The summed E-state index contributed by atoms with van der Waals surface area (Å²) in [6.07, 6.45) is -0.502. The van der Waals surface area contributed by atoms with Gasteiger partial charge in [0.15, 0.2) is 6.10 Å². The molecule has 2 aromatic rings. The van der Waals surface area contributed by atoms with Crippen LogP contribution in [0.15, 0.2) is 35.7 Å². The average Bonchev–Trinajstić information content (AvgIpc) is 3.07. The van der Waals surface area contributed by atoms with Crippen LogP contribution in [-0.2, 0) is 16.1 Å². The van der Waals surface area contributed by atoms with Crippen LogP contribution in [0.25, 0.3) is 0 Å². The van der Waals surface area contributed by atoms with Crippen molar-refractivity contribution in [1.29, 1.82) is 0 Å². The maximum absolute atomic E-state index is 12.2. The van der Waals surface area contributed by atoms with Crippen molar-refractivity contribution >= 4 is 34.5 Å². The summed E-state index contributed by atoms with van der Waals surface area (Å²) in [7, 11) is 0. The van der Waals surface area contributed by atoms with Crippen molar-refractivity contribution in [3.8, 4) is 5.75 Å². The largest absolute Gasteiger partial charge is 0.479 e. The Hall–Kier alpha value is -2.54. The highest BCUT2D eigenvalue weighted by Gasteiger charge is 2.23. The molecular formula is C17H19N3O3S. The van der Waals surface area contributed by atoms with Crippen LogP contribution < -0.4 is 20.7 Å². The SMILES string of the molecule is C[C@H](Nc1ccc2c(c1)NC(=O)[C@@H](C)O2)C(=O)NCc1cccs1. The Morgan fingerprint density at radius 1 is 1.42 bits per heavy atom. The number of amides is 2. The highest BCUT2D eigenvalue weighted by Crippen LogP contribution is 2.32. The van der Waals surface area contributed by atoms with Crippen molar-refractivity contribution in [3.05, 3.63) is 40.6 Å². The molecule has 1 aromatic heterocycles. The molecule has 0 saturated carbocycles. The van der Waals surface area contributed by atoms with Gasteiger partial charge in [0.2, 0.25) is 5.91 Å². The molecule has 3 N–H and O–H groups in total. The van der Waals surface area contributed by atoms with Crippen LogP contribution in [0.5, 0.6) is 5.75 Å². The number of rotatable bonds is 5. The lowest BCUT2D eigenvalue weighted by atomic mass is 10.2. The first-order chi connectivity index (χ1) is 11.5. The maximum Gasteiger partial charge on any atom is 0.265 e. The molecule has 24 heavy (non-hydrogen) atoms. The van der Waals surface area contributed by atoms with Crippen molar-refractivity contribution in [3.63, 3.8) is 0 Å². The molecule has 7 heteroatoms. The fourth-order valence-electron chi connectivity index (χ4n) is 2.35. The smallest absolute Gasteiger partial charge is 0.265 e. The van der Waals surface area contributed by atoms with Crippen LogP contribution >= 0.6 is 11.3 Å². The Morgan fingerprint density at radius 2 is 2.25 bits per heavy atom. The molecule has 1 aliphatic heterocycles. The number of nitrogens with one attached hydrogen (secondary N) is 3. The maximum atomic E-state index is 12.2. The van der Waals surface area contributed by atoms with E-state index in [4.69, 9.17) is 4.74 Å². The van der Waals surface area contributed by atoms with E-state index in [0.717, 1.165) is 10.6 Å². The second-order valence-electron chi connectivity index (χ2n) is 5.62. The predicted octanol–water partition coefficient (Wildman–Crippen LogP) is 2.58. The first kappa shape index (κ1) is 16.3. The van der Waals surface area contributed by atoms with Gasteiger partial charge in [-0.3, -0.25) is 9.59 Å². The number of carbonyl (C=O) groups is 2. The molecule has 0 spiro atoms. The summed E-state index contributed by atoms with van der Waals surface area (Å²) in [5.74, 6) is 0.360. The van der Waals surface area contributed by atoms with E-state index >= 15 is 0 Å². The van der Waals surface area contributed by atoms with Gasteiger partial charge in [0, 0.05) is 10.6 Å². The molecular weight excluding hydrogens is 326 g/mol. The van der Waals surface area contributed by atoms with Gasteiger partial charge in [0.05, 0.1) is 12.2 Å². The molecule has 0 saturated heterocycles. The van der Waals surface area contributed by atoms with Gasteiger partial charge in [-0.05, 0) is 43.5 Å². The molecule has 0 unspecified atom stereocenters. The first-order valence-corrected chi connectivity index (χ1v) is 8.59. The minimum Gasteiger partial charge on any atom is -0.479 e. The van der Waals surface area contributed by atoms with Crippen LogP contribution in [0.4, 0.5) is 11.4 Å². The minimum absolute atomic E-state index is 0.0879. The number of hydrogen-bond donors (Lipinski definition) is 3. The van der Waals surface area contributed by atoms with Gasteiger partial charge in [0.1, 0.15) is 11.8 Å². The quantitative estimate of drug-likeness (QED) is 0.778. The van der Waals surface area contributed by atoms with E-state index < -0.39 is 12.1 Å². The number of thiophene rings is 1. The Labute approximate surface area is 144 Å². The zero-order chi connectivity index (χ0) is 17.1. The third-order valence-electron chi connectivity index (χ3n) is 3.70. The molecule has 0 aliphatic carbocycles. The van der Waals surface area contributed by atoms with Gasteiger partial charge in [-0.15, -0.1) is 11.3 Å². The van der Waals surface area contributed by atoms with Gasteiger partial charge < -0.3 is 20.7 Å². The molecule has 2 heterocycles. The number of anilines is 2.